The Kier molecular flexibility index (Phi) is 7.58. The van der Waals surface area contributed by atoms with Crippen molar-refractivity contribution < 1.29 is 14.6 Å². The van der Waals surface area contributed by atoms with Gasteiger partial charge in [-0.15, -0.1) is 0 Å². The summed E-state index contributed by atoms with van der Waals surface area (Å²) < 4.78 is 6.05. The van der Waals surface area contributed by atoms with Crippen LogP contribution in [0.5, 0.6) is 5.75 Å². The van der Waals surface area contributed by atoms with Gasteiger partial charge in [0.1, 0.15) is 11.6 Å². The number of aromatic nitrogens is 2. The highest BCUT2D eigenvalue weighted by Gasteiger charge is 2.23. The van der Waals surface area contributed by atoms with Crippen molar-refractivity contribution in [3.05, 3.63) is 82.8 Å². The van der Waals surface area contributed by atoms with Crippen LogP contribution in [0.2, 0.25) is 0 Å². The highest BCUT2D eigenvalue weighted by atomic mass is 16.5. The zero-order valence-corrected chi connectivity index (χ0v) is 21.4. The first-order valence-corrected chi connectivity index (χ1v) is 13.1. The number of likely N-dealkylation sites (tertiary alicyclic amines) is 1. The van der Waals surface area contributed by atoms with E-state index in [1.165, 1.54) is 10.5 Å². The fourth-order valence-corrected chi connectivity index (χ4v) is 4.95. The molecule has 8 heteroatoms. The lowest BCUT2D eigenvalue weighted by atomic mass is 9.89. The van der Waals surface area contributed by atoms with Gasteiger partial charge in [-0.25, -0.2) is 9.78 Å². The maximum atomic E-state index is 12.8. The van der Waals surface area contributed by atoms with Crippen molar-refractivity contribution in [3.8, 4) is 17.0 Å². The van der Waals surface area contributed by atoms with Gasteiger partial charge in [0.25, 0.3) is 5.56 Å². The summed E-state index contributed by atoms with van der Waals surface area (Å²) in [5, 5.41) is 13.8. The van der Waals surface area contributed by atoms with Crippen LogP contribution < -0.4 is 15.6 Å². The van der Waals surface area contributed by atoms with Crippen LogP contribution in [0.25, 0.3) is 22.0 Å². The molecule has 0 spiro atoms. The van der Waals surface area contributed by atoms with Crippen molar-refractivity contribution >= 4 is 28.4 Å². The first-order valence-electron chi connectivity index (χ1n) is 13.1. The molecule has 38 heavy (non-hydrogen) atoms. The van der Waals surface area contributed by atoms with Crippen LogP contribution >= 0.6 is 0 Å². The molecule has 0 radical (unpaired) electrons. The van der Waals surface area contributed by atoms with Gasteiger partial charge in [0.05, 0.1) is 17.7 Å². The largest absolute Gasteiger partial charge is 0.493 e. The van der Waals surface area contributed by atoms with E-state index in [1.54, 1.807) is 6.20 Å². The van der Waals surface area contributed by atoms with Crippen LogP contribution in [-0.4, -0.2) is 45.8 Å². The third kappa shape index (κ3) is 5.49. The summed E-state index contributed by atoms with van der Waals surface area (Å²) in [7, 11) is 0. The van der Waals surface area contributed by atoms with Crippen molar-refractivity contribution in [1.29, 1.82) is 0 Å². The minimum absolute atomic E-state index is 0.210. The number of H-pyrrole nitrogens is 1. The molecule has 0 aliphatic carbocycles. The molecule has 1 saturated heterocycles. The summed E-state index contributed by atoms with van der Waals surface area (Å²) in [5.41, 5.74) is 3.39. The molecular weight excluding hydrogens is 480 g/mol. The van der Waals surface area contributed by atoms with E-state index in [9.17, 15) is 14.7 Å². The van der Waals surface area contributed by atoms with E-state index in [2.05, 4.69) is 29.4 Å². The van der Waals surface area contributed by atoms with E-state index >= 15 is 0 Å². The van der Waals surface area contributed by atoms with E-state index in [0.29, 0.717) is 36.8 Å². The first kappa shape index (κ1) is 25.3. The first-order chi connectivity index (χ1) is 18.5. The van der Waals surface area contributed by atoms with Gasteiger partial charge in [-0.1, -0.05) is 37.6 Å². The van der Waals surface area contributed by atoms with Gasteiger partial charge in [-0.05, 0) is 72.5 Å². The average molecular weight is 513 g/mol. The number of unbranched alkanes of at least 4 members (excludes halogenated alkanes) is 1. The summed E-state index contributed by atoms with van der Waals surface area (Å²) in [6.45, 7) is 3.86. The number of carbonyl (C=O) groups is 1. The molecular formula is C30H32N4O4. The third-order valence-electron chi connectivity index (χ3n) is 7.08. The average Bonchev–Trinajstić information content (AvgIpc) is 2.94. The molecule has 0 saturated carbocycles. The van der Waals surface area contributed by atoms with Crippen molar-refractivity contribution in [2.75, 3.05) is 25.0 Å². The van der Waals surface area contributed by atoms with Crippen LogP contribution in [0, 0.1) is 0 Å². The molecule has 1 aliphatic heterocycles. The number of amides is 1. The van der Waals surface area contributed by atoms with Crippen molar-refractivity contribution in [3.63, 3.8) is 0 Å². The predicted octanol–water partition coefficient (Wildman–Crippen LogP) is 6.37. The Labute approximate surface area is 221 Å². The number of hydrogen-bond acceptors (Lipinski definition) is 5. The van der Waals surface area contributed by atoms with Crippen LogP contribution in [0.1, 0.15) is 44.1 Å². The summed E-state index contributed by atoms with van der Waals surface area (Å²) >= 11 is 0. The molecule has 3 N–H and O–H groups in total. The number of nitrogens with one attached hydrogen (secondary N) is 2. The molecule has 0 bridgehead atoms. The second kappa shape index (κ2) is 11.4. The number of rotatable bonds is 8. The van der Waals surface area contributed by atoms with Gasteiger partial charge in [-0.3, -0.25) is 4.79 Å². The maximum Gasteiger partial charge on any atom is 0.407 e. The molecule has 5 rings (SSSR count). The second-order valence-electron chi connectivity index (χ2n) is 9.62. The number of piperidine rings is 1. The Morgan fingerprint density at radius 1 is 1.13 bits per heavy atom. The Hall–Kier alpha value is -4.33. The van der Waals surface area contributed by atoms with E-state index in [1.807, 2.05) is 48.5 Å². The SMILES string of the molecule is CCCCOc1ccccc1-c1cc2cc[nH]c(=O)c2c(Nc2ccc(C3CCN(C(=O)O)CC3)cc2)n1. The zero-order chi connectivity index (χ0) is 26.5. The van der Waals surface area contributed by atoms with Gasteiger partial charge in [0.15, 0.2) is 0 Å². The zero-order valence-electron chi connectivity index (χ0n) is 21.4. The number of aromatic amines is 1. The third-order valence-corrected chi connectivity index (χ3v) is 7.08. The summed E-state index contributed by atoms with van der Waals surface area (Å²) in [6, 6.07) is 19.7. The van der Waals surface area contributed by atoms with Crippen LogP contribution in [0.3, 0.4) is 0 Å². The molecule has 2 aromatic heterocycles. The lowest BCUT2D eigenvalue weighted by molar-refractivity contribution is 0.132. The number of hydrogen-bond donors (Lipinski definition) is 3. The van der Waals surface area contributed by atoms with E-state index in [-0.39, 0.29) is 5.56 Å². The molecule has 2 aromatic carbocycles. The minimum atomic E-state index is -0.852. The molecule has 1 aliphatic rings. The van der Waals surface area contributed by atoms with Crippen molar-refractivity contribution in [2.24, 2.45) is 0 Å². The van der Waals surface area contributed by atoms with Gasteiger partial charge < -0.3 is 25.0 Å². The van der Waals surface area contributed by atoms with Crippen LogP contribution in [0.4, 0.5) is 16.3 Å². The van der Waals surface area contributed by atoms with E-state index in [0.717, 1.165) is 53.8 Å². The summed E-state index contributed by atoms with van der Waals surface area (Å²) in [6.07, 6.45) is 4.43. The number of benzene rings is 2. The lowest BCUT2D eigenvalue weighted by Gasteiger charge is -2.30. The smallest absolute Gasteiger partial charge is 0.407 e. The number of nitrogens with zero attached hydrogens (tertiary/aromatic N) is 2. The predicted molar refractivity (Wildman–Crippen MR) is 150 cm³/mol. The second-order valence-corrected chi connectivity index (χ2v) is 9.62. The molecule has 4 aromatic rings. The van der Waals surface area contributed by atoms with Gasteiger partial charge in [0.2, 0.25) is 0 Å². The number of anilines is 2. The standard InChI is InChI=1S/C30H32N4O4/c1-2-3-18-38-26-7-5-4-6-24(26)25-19-22-12-15-31-29(35)27(22)28(33-25)32-23-10-8-20(9-11-23)21-13-16-34(17-14-21)30(36)37/h4-12,15,19,21H,2-3,13-14,16-18H2,1H3,(H,31,35)(H,32,33)(H,36,37). The van der Waals surface area contributed by atoms with Gasteiger partial charge in [-0.2, -0.15) is 0 Å². The fourth-order valence-electron chi connectivity index (χ4n) is 4.95. The number of carboxylic acid groups (broad SMARTS) is 1. The Balaban J connectivity index is 1.44. The number of pyridine rings is 2. The number of para-hydroxylation sites is 1. The van der Waals surface area contributed by atoms with Crippen molar-refractivity contribution in [2.45, 2.75) is 38.5 Å². The maximum absolute atomic E-state index is 12.8. The normalized spacial score (nSPS) is 14.0. The molecule has 0 atom stereocenters. The molecule has 0 unspecified atom stereocenters. The van der Waals surface area contributed by atoms with E-state index < -0.39 is 6.09 Å². The van der Waals surface area contributed by atoms with E-state index in [4.69, 9.17) is 9.72 Å². The molecule has 196 valence electrons. The Morgan fingerprint density at radius 2 is 1.89 bits per heavy atom. The fraction of sp³-hybridized carbons (Fsp3) is 0.300. The van der Waals surface area contributed by atoms with Crippen LogP contribution in [0.15, 0.2) is 71.7 Å². The van der Waals surface area contributed by atoms with Gasteiger partial charge in [0, 0.05) is 30.5 Å². The number of ether oxygens (including phenoxy) is 1. The molecule has 8 nitrogen and oxygen atoms in total. The summed E-state index contributed by atoms with van der Waals surface area (Å²) in [4.78, 5) is 33.1. The monoisotopic (exact) mass is 512 g/mol. The Morgan fingerprint density at radius 3 is 2.63 bits per heavy atom. The number of fused-ring (bicyclic) bond motifs is 1. The molecule has 1 amide bonds. The van der Waals surface area contributed by atoms with Crippen molar-refractivity contribution in [1.82, 2.24) is 14.9 Å². The van der Waals surface area contributed by atoms with Gasteiger partial charge >= 0.3 is 6.09 Å². The summed E-state index contributed by atoms with van der Waals surface area (Å²) in [5.74, 6) is 1.57. The van der Waals surface area contributed by atoms with Crippen LogP contribution in [-0.2, 0) is 0 Å². The Bertz CT molecular complexity index is 1470. The topological polar surface area (TPSA) is 108 Å². The lowest BCUT2D eigenvalue weighted by Crippen LogP contribution is -2.36. The minimum Gasteiger partial charge on any atom is -0.493 e. The quantitative estimate of drug-likeness (QED) is 0.237. The highest BCUT2D eigenvalue weighted by Crippen LogP contribution is 2.34. The highest BCUT2D eigenvalue weighted by molar-refractivity contribution is 5.95. The molecule has 3 heterocycles. The molecule has 1 fully saturated rings.